The first kappa shape index (κ1) is 14.6. The van der Waals surface area contributed by atoms with Gasteiger partial charge in [0.25, 0.3) is 0 Å². The second-order valence-electron chi connectivity index (χ2n) is 4.92. The molecule has 2 rings (SSSR count). The Bertz CT molecular complexity index is 394. The molecule has 0 aromatic heterocycles. The van der Waals surface area contributed by atoms with Gasteiger partial charge in [-0.05, 0) is 37.8 Å². The first-order valence-electron chi connectivity index (χ1n) is 6.94. The van der Waals surface area contributed by atoms with Crippen molar-refractivity contribution in [1.29, 1.82) is 0 Å². The van der Waals surface area contributed by atoms with E-state index in [2.05, 4.69) is 5.32 Å². The Morgan fingerprint density at radius 1 is 1.26 bits per heavy atom. The average molecular weight is 284 g/mol. The Hall–Kier alpha value is -0.770. The molecule has 3 nitrogen and oxygen atoms in total. The molecular formula is C15H22ClNO2. The Balaban J connectivity index is 1.84. The predicted octanol–water partition coefficient (Wildman–Crippen LogP) is 3.40. The molecule has 0 bridgehead atoms. The lowest BCUT2D eigenvalue weighted by Gasteiger charge is -2.13. The third kappa shape index (κ3) is 5.01. The van der Waals surface area contributed by atoms with Crippen LogP contribution in [0.5, 0.6) is 5.75 Å². The van der Waals surface area contributed by atoms with Crippen LogP contribution in [0, 0.1) is 0 Å². The highest BCUT2D eigenvalue weighted by atomic mass is 35.5. The summed E-state index contributed by atoms with van der Waals surface area (Å²) in [6.45, 7) is 2.28. The number of unbranched alkanes of at least 4 members (excludes halogenated alkanes) is 1. The molecule has 0 heterocycles. The van der Waals surface area contributed by atoms with E-state index < -0.39 is 0 Å². The number of hydrogen-bond acceptors (Lipinski definition) is 3. The zero-order chi connectivity index (χ0) is 13.5. The van der Waals surface area contributed by atoms with Gasteiger partial charge in [0.15, 0.2) is 0 Å². The maximum atomic E-state index is 6.26. The normalized spacial score (nSPS) is 14.6. The SMILES string of the molecule is COCCCCOc1cccc(Cl)c1CNC1CC1. The monoisotopic (exact) mass is 283 g/mol. The second kappa shape index (κ2) is 7.73. The van der Waals surface area contributed by atoms with Crippen molar-refractivity contribution in [3.8, 4) is 5.75 Å². The molecule has 19 heavy (non-hydrogen) atoms. The van der Waals surface area contributed by atoms with Gasteiger partial charge >= 0.3 is 0 Å². The summed E-state index contributed by atoms with van der Waals surface area (Å²) in [6.07, 6.45) is 4.57. The Labute approximate surface area is 120 Å². The van der Waals surface area contributed by atoms with Crippen molar-refractivity contribution in [2.75, 3.05) is 20.3 Å². The fourth-order valence-corrected chi connectivity index (χ4v) is 2.14. The van der Waals surface area contributed by atoms with Crippen LogP contribution in [0.25, 0.3) is 0 Å². The zero-order valence-electron chi connectivity index (χ0n) is 11.5. The van der Waals surface area contributed by atoms with E-state index in [9.17, 15) is 0 Å². The first-order chi connectivity index (χ1) is 9.31. The summed E-state index contributed by atoms with van der Waals surface area (Å²) >= 11 is 6.26. The summed E-state index contributed by atoms with van der Waals surface area (Å²) in [5, 5.41) is 4.26. The van der Waals surface area contributed by atoms with Gasteiger partial charge < -0.3 is 14.8 Å². The molecule has 1 N–H and O–H groups in total. The molecule has 0 radical (unpaired) electrons. The van der Waals surface area contributed by atoms with E-state index in [1.165, 1.54) is 12.8 Å². The van der Waals surface area contributed by atoms with Crippen LogP contribution < -0.4 is 10.1 Å². The van der Waals surface area contributed by atoms with E-state index in [4.69, 9.17) is 21.1 Å². The Morgan fingerprint density at radius 2 is 2.05 bits per heavy atom. The molecule has 1 saturated carbocycles. The summed E-state index contributed by atoms with van der Waals surface area (Å²) < 4.78 is 10.9. The Kier molecular flexibility index (Phi) is 5.95. The Morgan fingerprint density at radius 3 is 2.79 bits per heavy atom. The van der Waals surface area contributed by atoms with Gasteiger partial charge in [-0.15, -0.1) is 0 Å². The van der Waals surface area contributed by atoms with Gasteiger partial charge in [0.05, 0.1) is 6.61 Å². The second-order valence-corrected chi connectivity index (χ2v) is 5.33. The van der Waals surface area contributed by atoms with Crippen molar-refractivity contribution in [2.24, 2.45) is 0 Å². The van der Waals surface area contributed by atoms with Crippen LogP contribution in [0.4, 0.5) is 0 Å². The molecule has 1 aliphatic carbocycles. The molecule has 1 aromatic rings. The van der Waals surface area contributed by atoms with Crippen LogP contribution in [0.15, 0.2) is 18.2 Å². The molecule has 0 spiro atoms. The van der Waals surface area contributed by atoms with E-state index in [1.54, 1.807) is 7.11 Å². The number of nitrogens with one attached hydrogen (secondary N) is 1. The van der Waals surface area contributed by atoms with Gasteiger partial charge in [0.2, 0.25) is 0 Å². The molecule has 0 atom stereocenters. The zero-order valence-corrected chi connectivity index (χ0v) is 12.2. The van der Waals surface area contributed by atoms with E-state index in [0.717, 1.165) is 42.3 Å². The van der Waals surface area contributed by atoms with Gasteiger partial charge in [0, 0.05) is 36.9 Å². The minimum Gasteiger partial charge on any atom is -0.493 e. The topological polar surface area (TPSA) is 30.5 Å². The smallest absolute Gasteiger partial charge is 0.125 e. The highest BCUT2D eigenvalue weighted by molar-refractivity contribution is 6.31. The van der Waals surface area contributed by atoms with Gasteiger partial charge in [-0.3, -0.25) is 0 Å². The van der Waals surface area contributed by atoms with Crippen molar-refractivity contribution in [3.05, 3.63) is 28.8 Å². The summed E-state index contributed by atoms with van der Waals surface area (Å²) in [4.78, 5) is 0. The van der Waals surface area contributed by atoms with Crippen molar-refractivity contribution in [1.82, 2.24) is 5.32 Å². The summed E-state index contributed by atoms with van der Waals surface area (Å²) in [7, 11) is 1.72. The van der Waals surface area contributed by atoms with Crippen molar-refractivity contribution in [2.45, 2.75) is 38.3 Å². The van der Waals surface area contributed by atoms with Crippen LogP contribution in [-0.2, 0) is 11.3 Å². The number of methoxy groups -OCH3 is 1. The number of benzene rings is 1. The van der Waals surface area contributed by atoms with Crippen LogP contribution in [0.3, 0.4) is 0 Å². The van der Waals surface area contributed by atoms with E-state index in [1.807, 2.05) is 18.2 Å². The fraction of sp³-hybridized carbons (Fsp3) is 0.600. The molecule has 0 saturated heterocycles. The number of hydrogen-bond donors (Lipinski definition) is 1. The standard InChI is InChI=1S/C15H22ClNO2/c1-18-9-2-3-10-19-15-6-4-5-14(16)13(15)11-17-12-7-8-12/h4-6,12,17H,2-3,7-11H2,1H3. The third-order valence-corrected chi connectivity index (χ3v) is 3.58. The van der Waals surface area contributed by atoms with Gasteiger partial charge in [0.1, 0.15) is 5.75 Å². The van der Waals surface area contributed by atoms with Crippen molar-refractivity contribution >= 4 is 11.6 Å². The van der Waals surface area contributed by atoms with E-state index >= 15 is 0 Å². The largest absolute Gasteiger partial charge is 0.493 e. The maximum absolute atomic E-state index is 6.26. The molecule has 0 amide bonds. The van der Waals surface area contributed by atoms with Gasteiger partial charge in [-0.2, -0.15) is 0 Å². The van der Waals surface area contributed by atoms with Crippen LogP contribution in [-0.4, -0.2) is 26.4 Å². The lowest BCUT2D eigenvalue weighted by Crippen LogP contribution is -2.16. The van der Waals surface area contributed by atoms with Crippen molar-refractivity contribution < 1.29 is 9.47 Å². The lowest BCUT2D eigenvalue weighted by molar-refractivity contribution is 0.184. The van der Waals surface area contributed by atoms with Crippen LogP contribution >= 0.6 is 11.6 Å². The van der Waals surface area contributed by atoms with Gasteiger partial charge in [-0.1, -0.05) is 17.7 Å². The summed E-state index contributed by atoms with van der Waals surface area (Å²) in [6, 6.07) is 6.52. The third-order valence-electron chi connectivity index (χ3n) is 3.22. The minimum absolute atomic E-state index is 0.672. The number of rotatable bonds is 9. The average Bonchev–Trinajstić information content (AvgIpc) is 3.22. The molecule has 0 aliphatic heterocycles. The molecular weight excluding hydrogens is 262 g/mol. The van der Waals surface area contributed by atoms with E-state index in [-0.39, 0.29) is 0 Å². The molecule has 4 heteroatoms. The number of halogens is 1. The molecule has 0 unspecified atom stereocenters. The lowest BCUT2D eigenvalue weighted by atomic mass is 10.2. The quantitative estimate of drug-likeness (QED) is 0.705. The molecule has 1 aliphatic rings. The summed E-state index contributed by atoms with van der Waals surface area (Å²) in [5.41, 5.74) is 1.07. The van der Waals surface area contributed by atoms with Crippen LogP contribution in [0.2, 0.25) is 5.02 Å². The predicted molar refractivity (Wildman–Crippen MR) is 77.9 cm³/mol. The summed E-state index contributed by atoms with van der Waals surface area (Å²) in [5.74, 6) is 0.901. The fourth-order valence-electron chi connectivity index (χ4n) is 1.91. The van der Waals surface area contributed by atoms with Crippen LogP contribution in [0.1, 0.15) is 31.2 Å². The van der Waals surface area contributed by atoms with Crippen molar-refractivity contribution in [3.63, 3.8) is 0 Å². The molecule has 106 valence electrons. The minimum atomic E-state index is 0.672. The van der Waals surface area contributed by atoms with Gasteiger partial charge in [-0.25, -0.2) is 0 Å². The maximum Gasteiger partial charge on any atom is 0.125 e. The van der Waals surface area contributed by atoms with E-state index in [0.29, 0.717) is 12.6 Å². The highest BCUT2D eigenvalue weighted by Crippen LogP contribution is 2.28. The first-order valence-corrected chi connectivity index (χ1v) is 7.31. The number of ether oxygens (including phenoxy) is 2. The molecule has 1 aromatic carbocycles. The highest BCUT2D eigenvalue weighted by Gasteiger charge is 2.21. The molecule has 1 fully saturated rings.